The smallest absolute Gasteiger partial charge is 0.383 e. The molecule has 3 aromatic heterocycles. The minimum atomic E-state index is -4.76. The number of fused-ring (bicyclic) bond motifs is 1. The number of nitrogens with two attached hydrogens (primary N) is 1. The van der Waals surface area contributed by atoms with Gasteiger partial charge in [-0.1, -0.05) is 0 Å². The highest BCUT2D eigenvalue weighted by Gasteiger charge is 2.35. The Kier molecular flexibility index (Phi) is 3.76. The largest absolute Gasteiger partial charge is 0.418 e. The first-order valence-electron chi connectivity index (χ1n) is 7.62. The van der Waals surface area contributed by atoms with E-state index in [1.807, 2.05) is 0 Å². The van der Waals surface area contributed by atoms with Crippen LogP contribution in [0.3, 0.4) is 0 Å². The van der Waals surface area contributed by atoms with E-state index >= 15 is 0 Å². The van der Waals surface area contributed by atoms with Crippen molar-refractivity contribution in [2.45, 2.75) is 6.18 Å². The standard InChI is InChI=1S/C17H10F4N6/c18-9-1-2-14(13(5-9)17(19,20)21)27-16-12(7-26-27)10(3-4-24-16)11-6-23-8-25-15(11)22/h1-8H,(H2,22,23,25). The average Bonchev–Trinajstić information content (AvgIpc) is 3.05. The molecule has 0 atom stereocenters. The summed E-state index contributed by atoms with van der Waals surface area (Å²) in [5.41, 5.74) is 5.62. The van der Waals surface area contributed by atoms with Crippen LogP contribution >= 0.6 is 0 Å². The molecule has 0 radical (unpaired) electrons. The average molecular weight is 374 g/mol. The maximum atomic E-state index is 13.4. The summed E-state index contributed by atoms with van der Waals surface area (Å²) < 4.78 is 54.5. The quantitative estimate of drug-likeness (QED) is 0.542. The Hall–Kier alpha value is -3.56. The van der Waals surface area contributed by atoms with Crippen LogP contribution in [-0.2, 0) is 6.18 Å². The van der Waals surface area contributed by atoms with Crippen LogP contribution in [0.15, 0.2) is 49.2 Å². The molecule has 0 spiro atoms. The van der Waals surface area contributed by atoms with Crippen molar-refractivity contribution in [3.8, 4) is 16.8 Å². The SMILES string of the molecule is Nc1ncncc1-c1ccnc2c1cnn2-c1ccc(F)cc1C(F)(F)F. The second kappa shape index (κ2) is 6.01. The summed E-state index contributed by atoms with van der Waals surface area (Å²) in [5, 5.41) is 4.49. The molecule has 3 heterocycles. The molecule has 0 fully saturated rings. The summed E-state index contributed by atoms with van der Waals surface area (Å²) in [6.45, 7) is 0. The molecule has 0 amide bonds. The number of pyridine rings is 1. The predicted molar refractivity (Wildman–Crippen MR) is 89.3 cm³/mol. The van der Waals surface area contributed by atoms with Crippen molar-refractivity contribution in [2.75, 3.05) is 5.73 Å². The summed E-state index contributed by atoms with van der Waals surface area (Å²) >= 11 is 0. The number of halogens is 4. The van der Waals surface area contributed by atoms with Crippen molar-refractivity contribution in [1.82, 2.24) is 24.7 Å². The first kappa shape index (κ1) is 16.9. The van der Waals surface area contributed by atoms with Gasteiger partial charge < -0.3 is 5.73 Å². The lowest BCUT2D eigenvalue weighted by Crippen LogP contribution is -2.12. The van der Waals surface area contributed by atoms with Gasteiger partial charge in [0.15, 0.2) is 5.65 Å². The first-order valence-corrected chi connectivity index (χ1v) is 7.62. The lowest BCUT2D eigenvalue weighted by Gasteiger charge is -2.13. The molecule has 1 aromatic carbocycles. The summed E-state index contributed by atoms with van der Waals surface area (Å²) in [7, 11) is 0. The van der Waals surface area contributed by atoms with Gasteiger partial charge in [-0.3, -0.25) is 0 Å². The van der Waals surface area contributed by atoms with E-state index in [4.69, 9.17) is 5.73 Å². The van der Waals surface area contributed by atoms with Crippen molar-refractivity contribution in [2.24, 2.45) is 0 Å². The van der Waals surface area contributed by atoms with Crippen LogP contribution in [0.5, 0.6) is 0 Å². The molecule has 0 aliphatic carbocycles. The Morgan fingerprint density at radius 3 is 2.56 bits per heavy atom. The highest BCUT2D eigenvalue weighted by molar-refractivity contribution is 5.95. The molecule has 27 heavy (non-hydrogen) atoms. The predicted octanol–water partition coefficient (Wildman–Crippen LogP) is 3.62. The Balaban J connectivity index is 1.97. The van der Waals surface area contributed by atoms with E-state index in [0.29, 0.717) is 22.6 Å². The summed E-state index contributed by atoms with van der Waals surface area (Å²) in [6.07, 6.45) is 0.806. The van der Waals surface area contributed by atoms with Crippen molar-refractivity contribution in [3.63, 3.8) is 0 Å². The Labute approximate surface area is 149 Å². The molecule has 4 aromatic rings. The first-order chi connectivity index (χ1) is 12.9. The van der Waals surface area contributed by atoms with E-state index in [-0.39, 0.29) is 17.2 Å². The number of anilines is 1. The second-order valence-electron chi connectivity index (χ2n) is 5.63. The topological polar surface area (TPSA) is 82.5 Å². The number of rotatable bonds is 2. The fraction of sp³-hybridized carbons (Fsp3) is 0.0588. The van der Waals surface area contributed by atoms with E-state index in [0.717, 1.165) is 16.8 Å². The Bertz CT molecular complexity index is 1150. The monoisotopic (exact) mass is 374 g/mol. The van der Waals surface area contributed by atoms with Crippen LogP contribution in [0.1, 0.15) is 5.56 Å². The normalized spacial score (nSPS) is 11.9. The van der Waals surface area contributed by atoms with Gasteiger partial charge in [0.05, 0.1) is 17.4 Å². The molecular weight excluding hydrogens is 364 g/mol. The van der Waals surface area contributed by atoms with Gasteiger partial charge in [-0.2, -0.15) is 18.3 Å². The Morgan fingerprint density at radius 2 is 1.81 bits per heavy atom. The Morgan fingerprint density at radius 1 is 1.00 bits per heavy atom. The van der Waals surface area contributed by atoms with E-state index in [1.54, 1.807) is 6.07 Å². The molecule has 10 heteroatoms. The number of aromatic nitrogens is 5. The van der Waals surface area contributed by atoms with E-state index in [1.165, 1.54) is 24.9 Å². The van der Waals surface area contributed by atoms with Gasteiger partial charge in [0, 0.05) is 28.9 Å². The number of nitrogens with zero attached hydrogens (tertiary/aromatic N) is 5. The minimum absolute atomic E-state index is 0.160. The van der Waals surface area contributed by atoms with Gasteiger partial charge in [0.25, 0.3) is 0 Å². The highest BCUT2D eigenvalue weighted by Crippen LogP contribution is 2.36. The van der Waals surface area contributed by atoms with Crippen molar-refractivity contribution in [3.05, 3.63) is 60.6 Å². The molecule has 0 unspecified atom stereocenters. The van der Waals surface area contributed by atoms with E-state index in [9.17, 15) is 17.6 Å². The third kappa shape index (κ3) is 2.84. The van der Waals surface area contributed by atoms with Crippen LogP contribution < -0.4 is 5.73 Å². The van der Waals surface area contributed by atoms with Gasteiger partial charge in [-0.05, 0) is 24.3 Å². The van der Waals surface area contributed by atoms with E-state index < -0.39 is 17.6 Å². The third-order valence-corrected chi connectivity index (χ3v) is 4.00. The van der Waals surface area contributed by atoms with Gasteiger partial charge in [0.2, 0.25) is 0 Å². The molecule has 0 bridgehead atoms. The fourth-order valence-corrected chi connectivity index (χ4v) is 2.81. The van der Waals surface area contributed by atoms with Crippen LogP contribution in [-0.4, -0.2) is 24.7 Å². The zero-order valence-electron chi connectivity index (χ0n) is 13.4. The summed E-state index contributed by atoms with van der Waals surface area (Å²) in [6, 6.07) is 4.01. The lowest BCUT2D eigenvalue weighted by atomic mass is 10.1. The molecule has 4 rings (SSSR count). The number of hydrogen-bond donors (Lipinski definition) is 1. The molecule has 0 saturated carbocycles. The molecule has 0 aliphatic heterocycles. The van der Waals surface area contributed by atoms with Gasteiger partial charge in [-0.15, -0.1) is 0 Å². The maximum Gasteiger partial charge on any atom is 0.418 e. The van der Waals surface area contributed by atoms with Gasteiger partial charge in [0.1, 0.15) is 18.0 Å². The van der Waals surface area contributed by atoms with E-state index in [2.05, 4.69) is 20.1 Å². The number of hydrogen-bond acceptors (Lipinski definition) is 5. The van der Waals surface area contributed by atoms with Crippen LogP contribution in [0.2, 0.25) is 0 Å². The summed E-state index contributed by atoms with van der Waals surface area (Å²) in [4.78, 5) is 12.0. The zero-order chi connectivity index (χ0) is 19.2. The van der Waals surface area contributed by atoms with Crippen molar-refractivity contribution in [1.29, 1.82) is 0 Å². The maximum absolute atomic E-state index is 13.4. The fourth-order valence-electron chi connectivity index (χ4n) is 2.81. The van der Waals surface area contributed by atoms with Gasteiger partial charge >= 0.3 is 6.18 Å². The highest BCUT2D eigenvalue weighted by atomic mass is 19.4. The number of alkyl halides is 3. The number of benzene rings is 1. The zero-order valence-corrected chi connectivity index (χ0v) is 13.4. The lowest BCUT2D eigenvalue weighted by molar-refractivity contribution is -0.137. The molecule has 136 valence electrons. The number of nitrogen functional groups attached to an aromatic ring is 1. The molecular formula is C17H10F4N6. The molecule has 0 saturated heterocycles. The van der Waals surface area contributed by atoms with Crippen molar-refractivity contribution >= 4 is 16.9 Å². The molecule has 6 nitrogen and oxygen atoms in total. The van der Waals surface area contributed by atoms with Crippen LogP contribution in [0.4, 0.5) is 23.4 Å². The second-order valence-corrected chi connectivity index (χ2v) is 5.63. The van der Waals surface area contributed by atoms with Crippen LogP contribution in [0.25, 0.3) is 27.8 Å². The van der Waals surface area contributed by atoms with Crippen LogP contribution in [0, 0.1) is 5.82 Å². The third-order valence-electron chi connectivity index (χ3n) is 4.00. The molecule has 0 aliphatic rings. The van der Waals surface area contributed by atoms with Crippen molar-refractivity contribution < 1.29 is 17.6 Å². The summed E-state index contributed by atoms with van der Waals surface area (Å²) in [5.74, 6) is -0.784. The minimum Gasteiger partial charge on any atom is -0.383 e. The molecule has 2 N–H and O–H groups in total. The van der Waals surface area contributed by atoms with Gasteiger partial charge in [-0.25, -0.2) is 24.0 Å².